The highest BCUT2D eigenvalue weighted by molar-refractivity contribution is 6.32. The van der Waals surface area contributed by atoms with E-state index in [-0.39, 0.29) is 18.6 Å². The SMILES string of the molecule is CCOC(=O)CN1CCC(N(CCNc2ccc(C#N)cc2)C(=O)C(=O)OC)CC1. The number of hydrogen-bond donors (Lipinski definition) is 1. The Morgan fingerprint density at radius 1 is 1.23 bits per heavy atom. The Kier molecular flexibility index (Phi) is 9.09. The number of nitriles is 1. The van der Waals surface area contributed by atoms with E-state index in [9.17, 15) is 14.4 Å². The minimum absolute atomic E-state index is 0.113. The molecule has 1 saturated heterocycles. The summed E-state index contributed by atoms with van der Waals surface area (Å²) >= 11 is 0. The topological polar surface area (TPSA) is 112 Å². The minimum atomic E-state index is -0.887. The maximum Gasteiger partial charge on any atom is 0.396 e. The maximum atomic E-state index is 12.5. The molecular weight excluding hydrogens is 388 g/mol. The van der Waals surface area contributed by atoms with Gasteiger partial charge in [0.25, 0.3) is 0 Å². The fraction of sp³-hybridized carbons (Fsp3) is 0.524. The van der Waals surface area contributed by atoms with Crippen molar-refractivity contribution in [1.82, 2.24) is 9.80 Å². The molecule has 0 spiro atoms. The molecule has 1 aliphatic rings. The Morgan fingerprint density at radius 3 is 2.47 bits per heavy atom. The Labute approximate surface area is 176 Å². The second kappa shape index (κ2) is 11.8. The van der Waals surface area contributed by atoms with Crippen molar-refractivity contribution in [2.75, 3.05) is 51.8 Å². The molecule has 1 heterocycles. The number of rotatable bonds is 8. The van der Waals surface area contributed by atoms with E-state index in [2.05, 4.69) is 16.1 Å². The fourth-order valence-corrected chi connectivity index (χ4v) is 3.42. The van der Waals surface area contributed by atoms with Crippen molar-refractivity contribution in [1.29, 1.82) is 5.26 Å². The Hall–Kier alpha value is -3.12. The number of carbonyl (C=O) groups is 3. The molecule has 1 aromatic carbocycles. The average Bonchev–Trinajstić information content (AvgIpc) is 2.77. The molecular formula is C21H28N4O5. The third-order valence-corrected chi connectivity index (χ3v) is 4.97. The Balaban J connectivity index is 1.93. The standard InChI is InChI=1S/C21H28N4O5/c1-3-30-19(26)15-24-11-8-18(9-12-24)25(20(27)21(28)29-2)13-10-23-17-6-4-16(14-22)5-7-17/h4-7,18,23H,3,8-13,15H2,1-2H3. The summed E-state index contributed by atoms with van der Waals surface area (Å²) in [5.41, 5.74) is 1.39. The highest BCUT2D eigenvalue weighted by Gasteiger charge is 2.32. The molecule has 30 heavy (non-hydrogen) atoms. The molecule has 0 radical (unpaired) electrons. The quantitative estimate of drug-likeness (QED) is 0.493. The maximum absolute atomic E-state index is 12.5. The molecule has 1 N–H and O–H groups in total. The van der Waals surface area contributed by atoms with Crippen molar-refractivity contribution in [3.05, 3.63) is 29.8 Å². The summed E-state index contributed by atoms with van der Waals surface area (Å²) in [6.45, 7) is 4.39. The molecule has 1 aliphatic heterocycles. The summed E-state index contributed by atoms with van der Waals surface area (Å²) < 4.78 is 9.60. The first-order valence-corrected chi connectivity index (χ1v) is 9.99. The van der Waals surface area contributed by atoms with Gasteiger partial charge in [0.2, 0.25) is 0 Å². The summed E-state index contributed by atoms with van der Waals surface area (Å²) in [5, 5.41) is 12.1. The normalized spacial score (nSPS) is 14.4. The number of methoxy groups -OCH3 is 1. The second-order valence-electron chi connectivity index (χ2n) is 6.92. The number of esters is 2. The van der Waals surface area contributed by atoms with Crippen LogP contribution in [0.2, 0.25) is 0 Å². The van der Waals surface area contributed by atoms with Crippen LogP contribution in [0, 0.1) is 11.3 Å². The van der Waals surface area contributed by atoms with Crippen molar-refractivity contribution in [2.45, 2.75) is 25.8 Å². The number of amides is 1. The van der Waals surface area contributed by atoms with Gasteiger partial charge in [-0.1, -0.05) is 0 Å². The van der Waals surface area contributed by atoms with Crippen LogP contribution in [0.3, 0.4) is 0 Å². The molecule has 9 heteroatoms. The lowest BCUT2D eigenvalue weighted by molar-refractivity contribution is -0.160. The number of hydrogen-bond acceptors (Lipinski definition) is 8. The third kappa shape index (κ3) is 6.74. The van der Waals surface area contributed by atoms with Crippen molar-refractivity contribution in [3.63, 3.8) is 0 Å². The van der Waals surface area contributed by atoms with Gasteiger partial charge in [-0.15, -0.1) is 0 Å². The highest BCUT2D eigenvalue weighted by atomic mass is 16.5. The number of anilines is 1. The first-order chi connectivity index (χ1) is 14.5. The molecule has 162 valence electrons. The largest absolute Gasteiger partial charge is 0.465 e. The Bertz CT molecular complexity index is 767. The fourth-order valence-electron chi connectivity index (χ4n) is 3.42. The molecule has 0 atom stereocenters. The molecule has 1 fully saturated rings. The van der Waals surface area contributed by atoms with Crippen LogP contribution in [-0.2, 0) is 23.9 Å². The first-order valence-electron chi connectivity index (χ1n) is 9.99. The van der Waals surface area contributed by atoms with Crippen molar-refractivity contribution >= 4 is 23.5 Å². The predicted molar refractivity (Wildman–Crippen MR) is 109 cm³/mol. The van der Waals surface area contributed by atoms with Crippen molar-refractivity contribution < 1.29 is 23.9 Å². The number of nitrogens with one attached hydrogen (secondary N) is 1. The molecule has 0 bridgehead atoms. The van der Waals surface area contributed by atoms with Gasteiger partial charge in [0, 0.05) is 37.9 Å². The van der Waals surface area contributed by atoms with Gasteiger partial charge in [-0.2, -0.15) is 5.26 Å². The molecule has 0 saturated carbocycles. The van der Waals surface area contributed by atoms with E-state index < -0.39 is 11.9 Å². The van der Waals surface area contributed by atoms with Crippen LogP contribution in [0.1, 0.15) is 25.3 Å². The van der Waals surface area contributed by atoms with Crippen LogP contribution in [0.4, 0.5) is 5.69 Å². The molecule has 9 nitrogen and oxygen atoms in total. The molecule has 0 aromatic heterocycles. The molecule has 0 aliphatic carbocycles. The number of piperidine rings is 1. The molecule has 1 amide bonds. The van der Waals surface area contributed by atoms with Crippen LogP contribution in [0.5, 0.6) is 0 Å². The van der Waals surface area contributed by atoms with Gasteiger partial charge in [-0.3, -0.25) is 14.5 Å². The van der Waals surface area contributed by atoms with Gasteiger partial charge < -0.3 is 19.7 Å². The second-order valence-corrected chi connectivity index (χ2v) is 6.92. The van der Waals surface area contributed by atoms with E-state index >= 15 is 0 Å². The van der Waals surface area contributed by atoms with Crippen LogP contribution >= 0.6 is 0 Å². The van der Waals surface area contributed by atoms with Gasteiger partial charge in [0.05, 0.1) is 31.9 Å². The van der Waals surface area contributed by atoms with Crippen LogP contribution in [0.25, 0.3) is 0 Å². The van der Waals surface area contributed by atoms with Gasteiger partial charge >= 0.3 is 17.8 Å². The first kappa shape index (κ1) is 23.2. The van der Waals surface area contributed by atoms with E-state index in [0.29, 0.717) is 51.2 Å². The zero-order chi connectivity index (χ0) is 21.9. The lowest BCUT2D eigenvalue weighted by Crippen LogP contribution is -2.51. The summed E-state index contributed by atoms with van der Waals surface area (Å²) in [7, 11) is 1.19. The Morgan fingerprint density at radius 2 is 1.90 bits per heavy atom. The monoisotopic (exact) mass is 416 g/mol. The number of benzene rings is 1. The van der Waals surface area contributed by atoms with E-state index in [1.807, 2.05) is 4.90 Å². The van der Waals surface area contributed by atoms with E-state index in [1.165, 1.54) is 7.11 Å². The van der Waals surface area contributed by atoms with E-state index in [4.69, 9.17) is 10.00 Å². The van der Waals surface area contributed by atoms with E-state index in [0.717, 1.165) is 5.69 Å². The number of likely N-dealkylation sites (tertiary alicyclic amines) is 1. The average molecular weight is 416 g/mol. The molecule has 2 rings (SSSR count). The molecule has 0 unspecified atom stereocenters. The zero-order valence-electron chi connectivity index (χ0n) is 17.4. The predicted octanol–water partition coefficient (Wildman–Crippen LogP) is 0.999. The summed E-state index contributed by atoms with van der Waals surface area (Å²) in [6, 6.07) is 8.95. The van der Waals surface area contributed by atoms with Crippen molar-refractivity contribution in [2.24, 2.45) is 0 Å². The zero-order valence-corrected chi connectivity index (χ0v) is 17.4. The lowest BCUT2D eigenvalue weighted by atomic mass is 10.0. The third-order valence-electron chi connectivity index (χ3n) is 4.97. The minimum Gasteiger partial charge on any atom is -0.465 e. The number of carbonyl (C=O) groups excluding carboxylic acids is 3. The molecule has 1 aromatic rings. The number of nitrogens with zero attached hydrogens (tertiary/aromatic N) is 3. The summed E-state index contributed by atoms with van der Waals surface area (Å²) in [6.07, 6.45) is 1.30. The van der Waals surface area contributed by atoms with E-state index in [1.54, 1.807) is 36.1 Å². The van der Waals surface area contributed by atoms with Crippen LogP contribution in [-0.4, -0.2) is 80.1 Å². The van der Waals surface area contributed by atoms with Gasteiger partial charge in [-0.05, 0) is 44.0 Å². The smallest absolute Gasteiger partial charge is 0.396 e. The van der Waals surface area contributed by atoms with Crippen LogP contribution in [0.15, 0.2) is 24.3 Å². The van der Waals surface area contributed by atoms with Gasteiger partial charge in [0.15, 0.2) is 0 Å². The van der Waals surface area contributed by atoms with Gasteiger partial charge in [0.1, 0.15) is 0 Å². The van der Waals surface area contributed by atoms with Crippen molar-refractivity contribution in [3.8, 4) is 6.07 Å². The van der Waals surface area contributed by atoms with Gasteiger partial charge in [-0.25, -0.2) is 4.79 Å². The van der Waals surface area contributed by atoms with Crippen LogP contribution < -0.4 is 5.32 Å². The highest BCUT2D eigenvalue weighted by Crippen LogP contribution is 2.18. The lowest BCUT2D eigenvalue weighted by Gasteiger charge is -2.37. The summed E-state index contributed by atoms with van der Waals surface area (Å²) in [4.78, 5) is 39.6. The number of ether oxygens (including phenoxy) is 2. The summed E-state index contributed by atoms with van der Waals surface area (Å²) in [5.74, 6) is -1.81.